The highest BCUT2D eigenvalue weighted by Gasteiger charge is 2.15. The van der Waals surface area contributed by atoms with Crippen molar-refractivity contribution in [1.29, 1.82) is 5.41 Å². The number of H-pyrrole nitrogens is 2. The highest BCUT2D eigenvalue weighted by Crippen LogP contribution is 2.17. The highest BCUT2D eigenvalue weighted by atomic mass is 16.5. The lowest BCUT2D eigenvalue weighted by Gasteiger charge is -1.98. The SMILES string of the molecule is N=C(N)Oc1ccnc2c1[nH][nH][n+]2=O. The van der Waals surface area contributed by atoms with Crippen molar-refractivity contribution < 1.29 is 9.28 Å². The Labute approximate surface area is 76.8 Å². The summed E-state index contributed by atoms with van der Waals surface area (Å²) in [6, 6.07) is 1.04. The van der Waals surface area contributed by atoms with Crippen molar-refractivity contribution in [2.24, 2.45) is 5.73 Å². The van der Waals surface area contributed by atoms with Gasteiger partial charge in [0.2, 0.25) is 5.52 Å². The number of aromatic amines is 2. The van der Waals surface area contributed by atoms with E-state index >= 15 is 0 Å². The van der Waals surface area contributed by atoms with Crippen LogP contribution in [0.4, 0.5) is 0 Å². The number of amidine groups is 1. The van der Waals surface area contributed by atoms with Gasteiger partial charge in [0, 0.05) is 6.07 Å². The predicted octanol–water partition coefficient (Wildman–Crippen LogP) is -0.922. The van der Waals surface area contributed by atoms with Gasteiger partial charge in [-0.25, -0.2) is 0 Å². The smallest absolute Gasteiger partial charge is 0.370 e. The second kappa shape index (κ2) is 2.83. The molecule has 0 radical (unpaired) electrons. The van der Waals surface area contributed by atoms with Gasteiger partial charge in [0.05, 0.1) is 4.54 Å². The molecular formula is C6H7N6O2+. The van der Waals surface area contributed by atoms with Crippen molar-refractivity contribution in [3.8, 4) is 5.75 Å². The summed E-state index contributed by atoms with van der Waals surface area (Å²) in [7, 11) is 0. The van der Waals surface area contributed by atoms with E-state index in [-0.39, 0.29) is 11.4 Å². The molecule has 5 N–H and O–H groups in total. The number of nitrogens with two attached hydrogens (primary N) is 1. The molecule has 0 atom stereocenters. The zero-order valence-corrected chi connectivity index (χ0v) is 6.94. The molecule has 0 aromatic carbocycles. The molecular weight excluding hydrogens is 188 g/mol. The van der Waals surface area contributed by atoms with E-state index < -0.39 is 6.02 Å². The Morgan fingerprint density at radius 3 is 3.21 bits per heavy atom. The van der Waals surface area contributed by atoms with Crippen molar-refractivity contribution in [2.45, 2.75) is 0 Å². The van der Waals surface area contributed by atoms with E-state index in [1.165, 1.54) is 12.3 Å². The van der Waals surface area contributed by atoms with E-state index in [1.807, 2.05) is 0 Å². The maximum atomic E-state index is 11.0. The van der Waals surface area contributed by atoms with Crippen LogP contribution in [0.5, 0.6) is 5.75 Å². The van der Waals surface area contributed by atoms with E-state index in [0.29, 0.717) is 10.1 Å². The molecule has 0 fully saturated rings. The number of fused-ring (bicyclic) bond motifs is 1. The molecule has 72 valence electrons. The zero-order chi connectivity index (χ0) is 10.1. The summed E-state index contributed by atoms with van der Waals surface area (Å²) in [5.41, 5.74) is 5.56. The normalized spacial score (nSPS) is 10.3. The first-order chi connectivity index (χ1) is 6.68. The van der Waals surface area contributed by atoms with Crippen LogP contribution in [0, 0.1) is 10.3 Å². The van der Waals surface area contributed by atoms with E-state index in [2.05, 4.69) is 15.3 Å². The lowest BCUT2D eigenvalue weighted by atomic mass is 10.4. The molecule has 0 aliphatic heterocycles. The van der Waals surface area contributed by atoms with E-state index in [0.717, 1.165) is 0 Å². The first-order valence-electron chi connectivity index (χ1n) is 3.68. The molecule has 8 heteroatoms. The number of pyridine rings is 1. The molecule has 0 bridgehead atoms. The Hall–Kier alpha value is -2.38. The quantitative estimate of drug-likeness (QED) is 0.266. The van der Waals surface area contributed by atoms with Crippen LogP contribution in [-0.2, 0) is 0 Å². The van der Waals surface area contributed by atoms with Crippen LogP contribution >= 0.6 is 0 Å². The minimum atomic E-state index is -0.454. The first-order valence-corrected chi connectivity index (χ1v) is 3.68. The van der Waals surface area contributed by atoms with Crippen LogP contribution < -0.4 is 15.0 Å². The van der Waals surface area contributed by atoms with Crippen LogP contribution in [0.1, 0.15) is 0 Å². The van der Waals surface area contributed by atoms with Gasteiger partial charge in [0.1, 0.15) is 6.20 Å². The van der Waals surface area contributed by atoms with Crippen molar-refractivity contribution >= 4 is 17.2 Å². The average molecular weight is 195 g/mol. The minimum absolute atomic E-state index is 0.142. The maximum absolute atomic E-state index is 11.0. The van der Waals surface area contributed by atoms with E-state index in [1.54, 1.807) is 0 Å². The third-order valence-corrected chi connectivity index (χ3v) is 1.59. The van der Waals surface area contributed by atoms with Crippen LogP contribution in [0.2, 0.25) is 0 Å². The van der Waals surface area contributed by atoms with Gasteiger partial charge in [-0.2, -0.15) is 5.10 Å². The Bertz CT molecular complexity index is 540. The standard InChI is InChI=1S/C6H7N6O2/c7-6(8)14-3-1-2-9-5-4(3)10-11-12(5)13/h1-2H,(H3,7,8)(H2,10,11,13)/q+1. The van der Waals surface area contributed by atoms with Crippen molar-refractivity contribution in [2.75, 3.05) is 0 Å². The Morgan fingerprint density at radius 1 is 1.71 bits per heavy atom. The number of hydrogen-bond acceptors (Lipinski definition) is 4. The summed E-state index contributed by atoms with van der Waals surface area (Å²) in [4.78, 5) is 14.8. The number of rotatable bonds is 1. The van der Waals surface area contributed by atoms with Crippen LogP contribution in [0.25, 0.3) is 11.2 Å². The largest absolute Gasteiger partial charge is 0.422 e. The highest BCUT2D eigenvalue weighted by molar-refractivity contribution is 5.79. The van der Waals surface area contributed by atoms with Gasteiger partial charge >= 0.3 is 5.65 Å². The average Bonchev–Trinajstić information content (AvgIpc) is 2.49. The summed E-state index contributed by atoms with van der Waals surface area (Å²) in [5.74, 6) is 0.272. The van der Waals surface area contributed by atoms with Gasteiger partial charge < -0.3 is 10.5 Å². The summed E-state index contributed by atoms with van der Waals surface area (Å²) < 4.78 is 5.31. The summed E-state index contributed by atoms with van der Waals surface area (Å²) in [5, 5.41) is 11.8. The Kier molecular flexibility index (Phi) is 1.67. The summed E-state index contributed by atoms with van der Waals surface area (Å²) in [6.45, 7) is 0. The fourth-order valence-corrected chi connectivity index (χ4v) is 1.07. The maximum Gasteiger partial charge on any atom is 0.370 e. The van der Waals surface area contributed by atoms with Gasteiger partial charge in [0.25, 0.3) is 6.02 Å². The molecule has 14 heavy (non-hydrogen) atoms. The molecule has 0 aliphatic rings. The molecule has 8 nitrogen and oxygen atoms in total. The Balaban J connectivity index is 2.65. The molecule has 0 saturated carbocycles. The lowest BCUT2D eigenvalue weighted by molar-refractivity contribution is -0.539. The number of hydrogen-bond donors (Lipinski definition) is 4. The van der Waals surface area contributed by atoms with Gasteiger partial charge in [-0.1, -0.05) is 4.91 Å². The summed E-state index contributed by atoms with van der Waals surface area (Å²) in [6.07, 6.45) is 1.39. The van der Waals surface area contributed by atoms with E-state index in [4.69, 9.17) is 15.9 Å². The van der Waals surface area contributed by atoms with E-state index in [9.17, 15) is 4.91 Å². The fraction of sp³-hybridized carbons (Fsp3) is 0. The van der Waals surface area contributed by atoms with Crippen molar-refractivity contribution in [3.05, 3.63) is 17.2 Å². The monoisotopic (exact) mass is 195 g/mol. The van der Waals surface area contributed by atoms with Crippen molar-refractivity contribution in [3.63, 3.8) is 0 Å². The van der Waals surface area contributed by atoms with Crippen LogP contribution in [0.3, 0.4) is 0 Å². The zero-order valence-electron chi connectivity index (χ0n) is 6.94. The van der Waals surface area contributed by atoms with Crippen LogP contribution in [0.15, 0.2) is 12.3 Å². The lowest BCUT2D eigenvalue weighted by Crippen LogP contribution is -2.18. The number of ether oxygens (including phenoxy) is 1. The van der Waals surface area contributed by atoms with Crippen molar-refractivity contribution in [1.82, 2.24) is 15.3 Å². The molecule has 0 saturated heterocycles. The number of nitrogens with zero attached hydrogens (tertiary/aromatic N) is 2. The molecule has 2 aromatic heterocycles. The van der Waals surface area contributed by atoms with Gasteiger partial charge in [0.15, 0.2) is 5.75 Å². The third-order valence-electron chi connectivity index (χ3n) is 1.59. The van der Waals surface area contributed by atoms with Crippen LogP contribution in [-0.4, -0.2) is 21.3 Å². The Morgan fingerprint density at radius 2 is 2.50 bits per heavy atom. The number of aromatic nitrogens is 4. The molecule has 0 unspecified atom stereocenters. The van der Waals surface area contributed by atoms with Gasteiger partial charge in [-0.15, -0.1) is 10.2 Å². The fourth-order valence-electron chi connectivity index (χ4n) is 1.07. The molecule has 0 aliphatic carbocycles. The molecule has 2 heterocycles. The second-order valence-corrected chi connectivity index (χ2v) is 2.51. The van der Waals surface area contributed by atoms with Gasteiger partial charge in [-0.05, 0) is 0 Å². The molecule has 0 spiro atoms. The summed E-state index contributed by atoms with van der Waals surface area (Å²) >= 11 is 0. The topological polar surface area (TPSA) is 127 Å². The molecule has 2 aromatic rings. The third kappa shape index (κ3) is 1.18. The molecule has 0 amide bonds. The second-order valence-electron chi connectivity index (χ2n) is 2.51. The van der Waals surface area contributed by atoms with Gasteiger partial charge in [-0.3, -0.25) is 5.41 Å². The number of nitrogens with one attached hydrogen (secondary N) is 3. The molecule has 2 rings (SSSR count). The minimum Gasteiger partial charge on any atom is -0.422 e. The predicted molar refractivity (Wildman–Crippen MR) is 46.4 cm³/mol. The first kappa shape index (κ1) is 8.23.